The maximum absolute atomic E-state index is 3.79. The SMILES string of the molecule is CC1(CC2Cc3ccccc32)CCCCCN1. The van der Waals surface area contributed by atoms with Gasteiger partial charge in [-0.1, -0.05) is 37.1 Å². The first kappa shape index (κ1) is 11.3. The van der Waals surface area contributed by atoms with Gasteiger partial charge in [-0.3, -0.25) is 0 Å². The molecule has 3 rings (SSSR count). The highest BCUT2D eigenvalue weighted by Gasteiger charge is 2.34. The minimum atomic E-state index is 0.384. The summed E-state index contributed by atoms with van der Waals surface area (Å²) in [6.45, 7) is 3.64. The minimum Gasteiger partial charge on any atom is -0.311 e. The number of benzene rings is 1. The summed E-state index contributed by atoms with van der Waals surface area (Å²) in [5.41, 5.74) is 3.57. The normalized spacial score (nSPS) is 32.4. The van der Waals surface area contributed by atoms with Crippen LogP contribution in [0.2, 0.25) is 0 Å². The Morgan fingerprint density at radius 2 is 2.12 bits per heavy atom. The van der Waals surface area contributed by atoms with Gasteiger partial charge in [0.2, 0.25) is 0 Å². The molecule has 1 aromatic rings. The number of rotatable bonds is 2. The number of hydrogen-bond acceptors (Lipinski definition) is 1. The zero-order valence-corrected chi connectivity index (χ0v) is 10.8. The Hall–Kier alpha value is -0.820. The Bertz CT molecular complexity index is 388. The Kier molecular flexibility index (Phi) is 2.96. The average molecular weight is 229 g/mol. The molecule has 0 spiro atoms. The lowest BCUT2D eigenvalue weighted by molar-refractivity contribution is 0.288. The van der Waals surface area contributed by atoms with Crippen LogP contribution in [0.5, 0.6) is 0 Å². The molecule has 0 saturated carbocycles. The maximum Gasteiger partial charge on any atom is 0.0159 e. The zero-order valence-electron chi connectivity index (χ0n) is 10.8. The van der Waals surface area contributed by atoms with Crippen LogP contribution in [0.1, 0.15) is 56.1 Å². The standard InChI is InChI=1S/C16H23N/c1-16(9-5-2-6-10-17-16)12-14-11-13-7-3-4-8-15(13)14/h3-4,7-8,14,17H,2,5-6,9-12H2,1H3. The third-order valence-corrected chi connectivity index (χ3v) is 4.62. The third kappa shape index (κ3) is 2.26. The molecule has 0 radical (unpaired) electrons. The van der Waals surface area contributed by atoms with E-state index in [9.17, 15) is 0 Å². The Labute approximate surface area is 105 Å². The molecule has 1 heteroatoms. The lowest BCUT2D eigenvalue weighted by atomic mass is 9.71. The highest BCUT2D eigenvalue weighted by atomic mass is 15.0. The molecule has 2 unspecified atom stereocenters. The van der Waals surface area contributed by atoms with E-state index in [0.717, 1.165) is 5.92 Å². The lowest BCUT2D eigenvalue weighted by Gasteiger charge is -2.39. The molecule has 1 saturated heterocycles. The number of nitrogens with one attached hydrogen (secondary N) is 1. The molecule has 0 aromatic heterocycles. The zero-order chi connectivity index (χ0) is 11.7. The van der Waals surface area contributed by atoms with Crippen LogP contribution in [0.15, 0.2) is 24.3 Å². The van der Waals surface area contributed by atoms with Crippen molar-refractivity contribution in [2.75, 3.05) is 6.54 Å². The van der Waals surface area contributed by atoms with Crippen molar-refractivity contribution in [3.05, 3.63) is 35.4 Å². The molecule has 2 aliphatic rings. The van der Waals surface area contributed by atoms with E-state index in [1.165, 1.54) is 45.1 Å². The van der Waals surface area contributed by atoms with Gasteiger partial charge in [0.15, 0.2) is 0 Å². The second-order valence-corrected chi connectivity index (χ2v) is 6.10. The number of fused-ring (bicyclic) bond motifs is 1. The van der Waals surface area contributed by atoms with Crippen LogP contribution < -0.4 is 5.32 Å². The monoisotopic (exact) mass is 229 g/mol. The molecule has 0 bridgehead atoms. The quantitative estimate of drug-likeness (QED) is 0.816. The highest BCUT2D eigenvalue weighted by Crippen LogP contribution is 2.41. The highest BCUT2D eigenvalue weighted by molar-refractivity contribution is 5.40. The first-order chi connectivity index (χ1) is 8.27. The fourth-order valence-corrected chi connectivity index (χ4v) is 3.56. The maximum atomic E-state index is 3.79. The van der Waals surface area contributed by atoms with Crippen molar-refractivity contribution >= 4 is 0 Å². The van der Waals surface area contributed by atoms with Gasteiger partial charge in [-0.25, -0.2) is 0 Å². The predicted molar refractivity (Wildman–Crippen MR) is 72.4 cm³/mol. The molecule has 1 aromatic carbocycles. The molecule has 1 nitrogen and oxygen atoms in total. The molecule has 1 aliphatic heterocycles. The molecule has 1 fully saturated rings. The molecule has 17 heavy (non-hydrogen) atoms. The lowest BCUT2D eigenvalue weighted by Crippen LogP contribution is -2.44. The van der Waals surface area contributed by atoms with Crippen LogP contribution >= 0.6 is 0 Å². The fourth-order valence-electron chi connectivity index (χ4n) is 3.56. The van der Waals surface area contributed by atoms with E-state index in [2.05, 4.69) is 36.5 Å². The van der Waals surface area contributed by atoms with Gasteiger partial charge in [0.05, 0.1) is 0 Å². The van der Waals surface area contributed by atoms with Crippen molar-refractivity contribution in [3.63, 3.8) is 0 Å². The van der Waals surface area contributed by atoms with Gasteiger partial charge in [-0.15, -0.1) is 0 Å². The third-order valence-electron chi connectivity index (χ3n) is 4.62. The fraction of sp³-hybridized carbons (Fsp3) is 0.625. The average Bonchev–Trinajstić information content (AvgIpc) is 2.52. The summed E-state index contributed by atoms with van der Waals surface area (Å²) >= 11 is 0. The van der Waals surface area contributed by atoms with Crippen LogP contribution in [0.3, 0.4) is 0 Å². The topological polar surface area (TPSA) is 12.0 Å². The van der Waals surface area contributed by atoms with Gasteiger partial charge in [0.25, 0.3) is 0 Å². The summed E-state index contributed by atoms with van der Waals surface area (Å²) in [7, 11) is 0. The smallest absolute Gasteiger partial charge is 0.0159 e. The van der Waals surface area contributed by atoms with Crippen LogP contribution in [-0.4, -0.2) is 12.1 Å². The summed E-state index contributed by atoms with van der Waals surface area (Å²) in [5, 5.41) is 3.79. The summed E-state index contributed by atoms with van der Waals surface area (Å²) in [4.78, 5) is 0. The van der Waals surface area contributed by atoms with Crippen LogP contribution in [0.4, 0.5) is 0 Å². The van der Waals surface area contributed by atoms with Gasteiger partial charge in [0.1, 0.15) is 0 Å². The van der Waals surface area contributed by atoms with E-state index in [4.69, 9.17) is 0 Å². The molecule has 1 aliphatic carbocycles. The van der Waals surface area contributed by atoms with Crippen LogP contribution in [0.25, 0.3) is 0 Å². The van der Waals surface area contributed by atoms with Crippen molar-refractivity contribution in [2.45, 2.75) is 56.9 Å². The van der Waals surface area contributed by atoms with E-state index in [1.54, 1.807) is 11.1 Å². The number of hydrogen-bond donors (Lipinski definition) is 1. The van der Waals surface area contributed by atoms with E-state index in [-0.39, 0.29) is 0 Å². The first-order valence-corrected chi connectivity index (χ1v) is 7.10. The molecule has 92 valence electrons. The summed E-state index contributed by atoms with van der Waals surface area (Å²) in [5.74, 6) is 0.807. The van der Waals surface area contributed by atoms with E-state index in [0.29, 0.717) is 5.54 Å². The molecular formula is C16H23N. The Morgan fingerprint density at radius 1 is 1.24 bits per heavy atom. The van der Waals surface area contributed by atoms with Gasteiger partial charge in [-0.2, -0.15) is 0 Å². The van der Waals surface area contributed by atoms with Crippen molar-refractivity contribution in [1.29, 1.82) is 0 Å². The van der Waals surface area contributed by atoms with E-state index >= 15 is 0 Å². The van der Waals surface area contributed by atoms with E-state index in [1.807, 2.05) is 0 Å². The molecule has 1 heterocycles. The van der Waals surface area contributed by atoms with Crippen LogP contribution in [-0.2, 0) is 6.42 Å². The largest absolute Gasteiger partial charge is 0.311 e. The second kappa shape index (κ2) is 4.45. The van der Waals surface area contributed by atoms with Gasteiger partial charge in [0, 0.05) is 5.54 Å². The van der Waals surface area contributed by atoms with Crippen molar-refractivity contribution in [2.24, 2.45) is 0 Å². The van der Waals surface area contributed by atoms with Gasteiger partial charge >= 0.3 is 0 Å². The van der Waals surface area contributed by atoms with Crippen molar-refractivity contribution in [1.82, 2.24) is 5.32 Å². The molecule has 2 atom stereocenters. The van der Waals surface area contributed by atoms with Crippen LogP contribution in [0, 0.1) is 0 Å². The van der Waals surface area contributed by atoms with E-state index < -0.39 is 0 Å². The molecule has 0 amide bonds. The minimum absolute atomic E-state index is 0.384. The second-order valence-electron chi connectivity index (χ2n) is 6.10. The summed E-state index contributed by atoms with van der Waals surface area (Å²) in [6, 6.07) is 8.97. The van der Waals surface area contributed by atoms with Crippen molar-refractivity contribution < 1.29 is 0 Å². The Balaban J connectivity index is 1.68. The predicted octanol–water partition coefficient (Wildman–Crippen LogP) is 3.64. The van der Waals surface area contributed by atoms with Gasteiger partial charge < -0.3 is 5.32 Å². The summed E-state index contributed by atoms with van der Waals surface area (Å²) in [6.07, 6.45) is 8.14. The van der Waals surface area contributed by atoms with Gasteiger partial charge in [-0.05, 0) is 56.2 Å². The van der Waals surface area contributed by atoms with Crippen molar-refractivity contribution in [3.8, 4) is 0 Å². The Morgan fingerprint density at radius 3 is 3.00 bits per heavy atom. The summed E-state index contributed by atoms with van der Waals surface area (Å²) < 4.78 is 0. The first-order valence-electron chi connectivity index (χ1n) is 7.10. The molecule has 1 N–H and O–H groups in total. The molecular weight excluding hydrogens is 206 g/mol.